The van der Waals surface area contributed by atoms with Crippen molar-refractivity contribution in [2.45, 2.75) is 39.2 Å². The summed E-state index contributed by atoms with van der Waals surface area (Å²) in [6, 6.07) is 0.431. The number of anilines is 2. The van der Waals surface area contributed by atoms with Crippen molar-refractivity contribution in [1.29, 1.82) is 0 Å². The number of nitrogens with two attached hydrogens (primary N) is 1. The van der Waals surface area contributed by atoms with E-state index in [1.54, 1.807) is 7.11 Å². The van der Waals surface area contributed by atoms with Crippen LogP contribution in [0.15, 0.2) is 6.33 Å². The molecule has 1 aliphatic carbocycles. The number of hydrazine groups is 1. The van der Waals surface area contributed by atoms with Gasteiger partial charge < -0.3 is 15.5 Å². The van der Waals surface area contributed by atoms with Gasteiger partial charge in [-0.3, -0.25) is 0 Å². The van der Waals surface area contributed by atoms with E-state index in [-0.39, 0.29) is 0 Å². The fraction of sp³-hybridized carbons (Fsp3) is 0.692. The number of hydrogen-bond acceptors (Lipinski definition) is 6. The standard InChI is InChI=1S/C13H23N5O/c1-8-4-5-10(6-9(8)2)17-12-11(19-3)13(18-14)16-7-15-12/h7-10H,4-6,14H2,1-3H3,(H2,15,16,17,18). The molecular formula is C13H23N5O. The Balaban J connectivity index is 2.11. The Hall–Kier alpha value is -1.56. The summed E-state index contributed by atoms with van der Waals surface area (Å²) in [4.78, 5) is 8.29. The van der Waals surface area contributed by atoms with Crippen LogP contribution in [0.1, 0.15) is 33.1 Å². The van der Waals surface area contributed by atoms with Crippen molar-refractivity contribution < 1.29 is 4.74 Å². The molecule has 1 fully saturated rings. The highest BCUT2D eigenvalue weighted by Gasteiger charge is 2.25. The lowest BCUT2D eigenvalue weighted by Gasteiger charge is -2.33. The summed E-state index contributed by atoms with van der Waals surface area (Å²) in [6.45, 7) is 4.63. The Bertz CT molecular complexity index is 425. The zero-order chi connectivity index (χ0) is 13.8. The third-order valence-corrected chi connectivity index (χ3v) is 4.08. The number of methoxy groups -OCH3 is 1. The van der Waals surface area contributed by atoms with E-state index < -0.39 is 0 Å². The molecule has 19 heavy (non-hydrogen) atoms. The van der Waals surface area contributed by atoms with Crippen LogP contribution in [0.25, 0.3) is 0 Å². The van der Waals surface area contributed by atoms with Gasteiger partial charge in [0.05, 0.1) is 7.11 Å². The van der Waals surface area contributed by atoms with Crippen molar-refractivity contribution in [3.8, 4) is 5.75 Å². The minimum atomic E-state index is 0.431. The second-order valence-electron chi connectivity index (χ2n) is 5.36. The fourth-order valence-corrected chi connectivity index (χ4v) is 2.64. The molecule has 0 bridgehead atoms. The molecule has 0 aromatic carbocycles. The largest absolute Gasteiger partial charge is 0.490 e. The minimum Gasteiger partial charge on any atom is -0.490 e. The summed E-state index contributed by atoms with van der Waals surface area (Å²) in [7, 11) is 1.59. The van der Waals surface area contributed by atoms with E-state index in [0.29, 0.717) is 23.4 Å². The Morgan fingerprint density at radius 2 is 1.95 bits per heavy atom. The van der Waals surface area contributed by atoms with Gasteiger partial charge in [-0.2, -0.15) is 0 Å². The van der Waals surface area contributed by atoms with E-state index in [2.05, 4.69) is 34.6 Å². The van der Waals surface area contributed by atoms with Gasteiger partial charge in [-0.25, -0.2) is 15.8 Å². The van der Waals surface area contributed by atoms with E-state index in [4.69, 9.17) is 10.6 Å². The lowest BCUT2D eigenvalue weighted by molar-refractivity contribution is 0.260. The molecule has 4 N–H and O–H groups in total. The zero-order valence-electron chi connectivity index (χ0n) is 11.8. The highest BCUT2D eigenvalue weighted by Crippen LogP contribution is 2.34. The lowest BCUT2D eigenvalue weighted by atomic mass is 9.79. The second kappa shape index (κ2) is 6.06. The number of ether oxygens (including phenoxy) is 1. The Kier molecular flexibility index (Phi) is 4.42. The number of hydrogen-bond donors (Lipinski definition) is 3. The predicted octanol–water partition coefficient (Wildman–Crippen LogP) is 2.01. The average Bonchev–Trinajstić information content (AvgIpc) is 2.42. The molecule has 0 radical (unpaired) electrons. The normalized spacial score (nSPS) is 26.8. The maximum Gasteiger partial charge on any atom is 0.205 e. The molecule has 0 amide bonds. The molecular weight excluding hydrogens is 242 g/mol. The fourth-order valence-electron chi connectivity index (χ4n) is 2.64. The zero-order valence-corrected chi connectivity index (χ0v) is 11.8. The minimum absolute atomic E-state index is 0.431. The van der Waals surface area contributed by atoms with E-state index in [0.717, 1.165) is 24.7 Å². The smallest absolute Gasteiger partial charge is 0.205 e. The SMILES string of the molecule is COc1c(NN)ncnc1NC1CCC(C)C(C)C1. The topological polar surface area (TPSA) is 85.1 Å². The van der Waals surface area contributed by atoms with E-state index in [1.807, 2.05) is 0 Å². The van der Waals surface area contributed by atoms with Crippen LogP contribution in [0.3, 0.4) is 0 Å². The molecule has 1 aliphatic rings. The van der Waals surface area contributed by atoms with Gasteiger partial charge in [-0.05, 0) is 31.1 Å². The van der Waals surface area contributed by atoms with Gasteiger partial charge in [0.2, 0.25) is 5.75 Å². The van der Waals surface area contributed by atoms with Crippen molar-refractivity contribution in [2.24, 2.45) is 17.7 Å². The van der Waals surface area contributed by atoms with Gasteiger partial charge >= 0.3 is 0 Å². The summed E-state index contributed by atoms with van der Waals surface area (Å²) < 4.78 is 5.33. The number of nitrogens with one attached hydrogen (secondary N) is 2. The number of aromatic nitrogens is 2. The molecule has 3 atom stereocenters. The summed E-state index contributed by atoms with van der Waals surface area (Å²) >= 11 is 0. The Morgan fingerprint density at radius 1 is 1.21 bits per heavy atom. The van der Waals surface area contributed by atoms with Crippen LogP contribution in [-0.4, -0.2) is 23.1 Å². The maximum absolute atomic E-state index is 5.42. The van der Waals surface area contributed by atoms with E-state index in [1.165, 1.54) is 12.7 Å². The van der Waals surface area contributed by atoms with E-state index >= 15 is 0 Å². The third-order valence-electron chi connectivity index (χ3n) is 4.08. The monoisotopic (exact) mass is 265 g/mol. The Morgan fingerprint density at radius 3 is 2.58 bits per heavy atom. The summed E-state index contributed by atoms with van der Waals surface area (Å²) in [5.41, 5.74) is 2.52. The first kappa shape index (κ1) is 13.9. The highest BCUT2D eigenvalue weighted by atomic mass is 16.5. The quantitative estimate of drug-likeness (QED) is 0.570. The molecule has 0 aliphatic heterocycles. The van der Waals surface area contributed by atoms with Gasteiger partial charge in [-0.1, -0.05) is 13.8 Å². The molecule has 6 heteroatoms. The Labute approximate surface area is 114 Å². The van der Waals surface area contributed by atoms with Crippen molar-refractivity contribution in [3.63, 3.8) is 0 Å². The highest BCUT2D eigenvalue weighted by molar-refractivity contribution is 5.63. The molecule has 1 aromatic rings. The van der Waals surface area contributed by atoms with Crippen LogP contribution in [0, 0.1) is 11.8 Å². The first-order chi connectivity index (χ1) is 9.15. The molecule has 1 saturated carbocycles. The van der Waals surface area contributed by atoms with Crippen LogP contribution in [0.4, 0.5) is 11.6 Å². The molecule has 0 saturated heterocycles. The first-order valence-corrected chi connectivity index (χ1v) is 6.77. The molecule has 3 unspecified atom stereocenters. The van der Waals surface area contributed by atoms with Gasteiger partial charge in [0.25, 0.3) is 0 Å². The van der Waals surface area contributed by atoms with E-state index in [9.17, 15) is 0 Å². The molecule has 1 aromatic heterocycles. The van der Waals surface area contributed by atoms with Gasteiger partial charge in [0.1, 0.15) is 6.33 Å². The van der Waals surface area contributed by atoms with Crippen LogP contribution < -0.4 is 21.3 Å². The molecule has 6 nitrogen and oxygen atoms in total. The number of nitrogen functional groups attached to an aromatic ring is 1. The molecule has 0 spiro atoms. The van der Waals surface area contributed by atoms with Gasteiger partial charge in [0, 0.05) is 6.04 Å². The van der Waals surface area contributed by atoms with Crippen LogP contribution in [0.2, 0.25) is 0 Å². The van der Waals surface area contributed by atoms with Gasteiger partial charge in [0.15, 0.2) is 11.6 Å². The summed E-state index contributed by atoms with van der Waals surface area (Å²) in [5, 5.41) is 3.45. The molecule has 1 heterocycles. The van der Waals surface area contributed by atoms with Gasteiger partial charge in [-0.15, -0.1) is 0 Å². The molecule has 2 rings (SSSR count). The maximum atomic E-state index is 5.42. The second-order valence-corrected chi connectivity index (χ2v) is 5.36. The molecule has 106 valence electrons. The number of nitrogens with zero attached hydrogens (tertiary/aromatic N) is 2. The van der Waals surface area contributed by atoms with Crippen molar-refractivity contribution in [1.82, 2.24) is 9.97 Å². The van der Waals surface area contributed by atoms with Crippen molar-refractivity contribution in [3.05, 3.63) is 6.33 Å². The predicted molar refractivity (Wildman–Crippen MR) is 76.0 cm³/mol. The van der Waals surface area contributed by atoms with Crippen LogP contribution in [-0.2, 0) is 0 Å². The lowest BCUT2D eigenvalue weighted by Crippen LogP contribution is -2.31. The van der Waals surface area contributed by atoms with Crippen molar-refractivity contribution in [2.75, 3.05) is 17.9 Å². The number of rotatable bonds is 4. The summed E-state index contributed by atoms with van der Waals surface area (Å²) in [5.74, 6) is 8.72. The van der Waals surface area contributed by atoms with Crippen LogP contribution in [0.5, 0.6) is 5.75 Å². The van der Waals surface area contributed by atoms with Crippen LogP contribution >= 0.6 is 0 Å². The average molecular weight is 265 g/mol. The first-order valence-electron chi connectivity index (χ1n) is 6.77. The van der Waals surface area contributed by atoms with Crippen molar-refractivity contribution >= 4 is 11.6 Å². The third kappa shape index (κ3) is 3.07. The summed E-state index contributed by atoms with van der Waals surface area (Å²) in [6.07, 6.45) is 5.03.